The van der Waals surface area contributed by atoms with Crippen LogP contribution in [0, 0.1) is 0 Å². The number of anilines is 1. The van der Waals surface area contributed by atoms with Gasteiger partial charge >= 0.3 is 6.61 Å². The van der Waals surface area contributed by atoms with E-state index in [9.17, 15) is 8.78 Å². The molecule has 0 saturated carbocycles. The van der Waals surface area contributed by atoms with Gasteiger partial charge in [0, 0.05) is 11.6 Å². The molecule has 0 aromatic heterocycles. The number of rotatable bonds is 5. The van der Waals surface area contributed by atoms with Crippen molar-refractivity contribution in [3.05, 3.63) is 23.8 Å². The lowest BCUT2D eigenvalue weighted by molar-refractivity contribution is -0.0498. The highest BCUT2D eigenvalue weighted by atomic mass is 35.5. The van der Waals surface area contributed by atoms with Crippen LogP contribution in [0.2, 0.25) is 0 Å². The molecule has 0 atom stereocenters. The third-order valence-corrected chi connectivity index (χ3v) is 2.19. The van der Waals surface area contributed by atoms with Crippen molar-refractivity contribution in [1.29, 1.82) is 0 Å². The zero-order valence-corrected chi connectivity index (χ0v) is 8.81. The van der Waals surface area contributed by atoms with Crippen molar-refractivity contribution in [3.63, 3.8) is 0 Å². The Morgan fingerprint density at radius 2 is 2.13 bits per heavy atom. The summed E-state index contributed by atoms with van der Waals surface area (Å²) in [4.78, 5) is 0. The maximum atomic E-state index is 11.9. The van der Waals surface area contributed by atoms with Crippen LogP contribution in [-0.4, -0.2) is 12.5 Å². The molecule has 1 rings (SSSR count). The summed E-state index contributed by atoms with van der Waals surface area (Å²) in [6.07, 6.45) is 1.42. The second-order valence-electron chi connectivity index (χ2n) is 3.03. The summed E-state index contributed by atoms with van der Waals surface area (Å²) < 4.78 is 28.1. The van der Waals surface area contributed by atoms with Crippen LogP contribution in [0.25, 0.3) is 0 Å². The van der Waals surface area contributed by atoms with Gasteiger partial charge in [-0.2, -0.15) is 8.78 Å². The number of alkyl halides is 3. The Kier molecular flexibility index (Phi) is 4.62. The summed E-state index contributed by atoms with van der Waals surface area (Å²) in [6, 6.07) is 4.50. The molecule has 2 nitrogen and oxygen atoms in total. The lowest BCUT2D eigenvalue weighted by Gasteiger charge is -2.08. The average molecular weight is 236 g/mol. The quantitative estimate of drug-likeness (QED) is 0.629. The Balaban J connectivity index is 2.75. The molecule has 0 fully saturated rings. The Labute approximate surface area is 92.0 Å². The van der Waals surface area contributed by atoms with Gasteiger partial charge < -0.3 is 10.5 Å². The zero-order chi connectivity index (χ0) is 11.3. The van der Waals surface area contributed by atoms with E-state index in [0.29, 0.717) is 18.0 Å². The van der Waals surface area contributed by atoms with Crippen molar-refractivity contribution < 1.29 is 13.5 Å². The van der Waals surface area contributed by atoms with E-state index in [4.69, 9.17) is 17.3 Å². The summed E-state index contributed by atoms with van der Waals surface area (Å²) in [7, 11) is 0. The highest BCUT2D eigenvalue weighted by Gasteiger charge is 2.06. The maximum Gasteiger partial charge on any atom is 0.387 e. The van der Waals surface area contributed by atoms with E-state index in [-0.39, 0.29) is 5.75 Å². The first-order valence-corrected chi connectivity index (χ1v) is 5.06. The lowest BCUT2D eigenvalue weighted by Crippen LogP contribution is -2.03. The van der Waals surface area contributed by atoms with Gasteiger partial charge in [0.05, 0.1) is 0 Å². The number of nitrogen functional groups attached to an aromatic ring is 1. The number of aryl methyl sites for hydroxylation is 1. The van der Waals surface area contributed by atoms with Crippen molar-refractivity contribution in [2.45, 2.75) is 19.5 Å². The summed E-state index contributed by atoms with van der Waals surface area (Å²) in [5.41, 5.74) is 7.03. The predicted octanol–water partition coefficient (Wildman–Crippen LogP) is 3.04. The number of nitrogens with two attached hydrogens (primary N) is 1. The molecule has 84 valence electrons. The highest BCUT2D eigenvalue weighted by Crippen LogP contribution is 2.22. The van der Waals surface area contributed by atoms with Crippen molar-refractivity contribution in [3.8, 4) is 5.75 Å². The Hall–Kier alpha value is -1.03. The van der Waals surface area contributed by atoms with E-state index < -0.39 is 6.61 Å². The van der Waals surface area contributed by atoms with Crippen molar-refractivity contribution >= 4 is 17.3 Å². The fourth-order valence-corrected chi connectivity index (χ4v) is 1.37. The van der Waals surface area contributed by atoms with E-state index in [2.05, 4.69) is 4.74 Å². The van der Waals surface area contributed by atoms with Gasteiger partial charge in [0.15, 0.2) is 0 Å². The van der Waals surface area contributed by atoms with Gasteiger partial charge in [-0.3, -0.25) is 0 Å². The van der Waals surface area contributed by atoms with E-state index in [0.717, 1.165) is 12.0 Å². The molecule has 0 aliphatic rings. The molecule has 0 bridgehead atoms. The summed E-state index contributed by atoms with van der Waals surface area (Å²) in [5.74, 6) is 0.642. The molecule has 1 aromatic rings. The topological polar surface area (TPSA) is 35.2 Å². The number of halogens is 3. The largest absolute Gasteiger partial charge is 0.435 e. The van der Waals surface area contributed by atoms with Gasteiger partial charge in [-0.25, -0.2) is 0 Å². The van der Waals surface area contributed by atoms with Gasteiger partial charge in [-0.1, -0.05) is 0 Å². The smallest absolute Gasteiger partial charge is 0.387 e. The Morgan fingerprint density at radius 3 is 2.73 bits per heavy atom. The van der Waals surface area contributed by atoms with E-state index >= 15 is 0 Å². The maximum absolute atomic E-state index is 11.9. The van der Waals surface area contributed by atoms with Crippen LogP contribution in [0.15, 0.2) is 18.2 Å². The highest BCUT2D eigenvalue weighted by molar-refractivity contribution is 6.17. The average Bonchev–Trinajstić information content (AvgIpc) is 2.18. The van der Waals surface area contributed by atoms with Crippen LogP contribution in [0.5, 0.6) is 5.75 Å². The van der Waals surface area contributed by atoms with Crippen molar-refractivity contribution in [2.24, 2.45) is 0 Å². The summed E-state index contributed by atoms with van der Waals surface area (Å²) in [5, 5.41) is 0. The van der Waals surface area contributed by atoms with Gasteiger partial charge in [0.25, 0.3) is 0 Å². The predicted molar refractivity (Wildman–Crippen MR) is 56.5 cm³/mol. The molecular formula is C10H12ClF2NO. The molecular weight excluding hydrogens is 224 g/mol. The van der Waals surface area contributed by atoms with Gasteiger partial charge in [0.1, 0.15) is 5.75 Å². The van der Waals surface area contributed by atoms with Gasteiger partial charge in [-0.05, 0) is 36.6 Å². The minimum atomic E-state index is -2.81. The zero-order valence-electron chi connectivity index (χ0n) is 8.05. The first-order valence-electron chi connectivity index (χ1n) is 4.52. The molecule has 0 saturated heterocycles. The molecule has 0 radical (unpaired) electrons. The van der Waals surface area contributed by atoms with E-state index in [1.807, 2.05) is 0 Å². The molecule has 0 unspecified atom stereocenters. The first-order chi connectivity index (χ1) is 7.13. The minimum Gasteiger partial charge on any atom is -0.435 e. The molecule has 0 spiro atoms. The summed E-state index contributed by atoms with van der Waals surface area (Å²) >= 11 is 5.54. The van der Waals surface area contributed by atoms with E-state index in [1.165, 1.54) is 12.1 Å². The summed E-state index contributed by atoms with van der Waals surface area (Å²) in [6.45, 7) is -2.81. The molecule has 0 heterocycles. The number of benzene rings is 1. The number of hydrogen-bond donors (Lipinski definition) is 1. The minimum absolute atomic E-state index is 0.128. The number of ether oxygens (including phenoxy) is 1. The lowest BCUT2D eigenvalue weighted by atomic mass is 10.1. The van der Waals surface area contributed by atoms with Crippen molar-refractivity contribution in [2.75, 3.05) is 11.6 Å². The van der Waals surface area contributed by atoms with Gasteiger partial charge in [0.2, 0.25) is 0 Å². The standard InChI is InChI=1S/C10H12ClF2NO/c11-5-1-2-7-6-8(15-10(12)13)3-4-9(7)14/h3-4,6,10H,1-2,5,14H2. The normalized spacial score (nSPS) is 10.7. The monoisotopic (exact) mass is 235 g/mol. The van der Waals surface area contributed by atoms with Gasteiger partial charge in [-0.15, -0.1) is 11.6 Å². The molecule has 0 aliphatic carbocycles. The van der Waals surface area contributed by atoms with Crippen LogP contribution >= 0.6 is 11.6 Å². The third kappa shape index (κ3) is 3.91. The fraction of sp³-hybridized carbons (Fsp3) is 0.400. The van der Waals surface area contributed by atoms with Crippen LogP contribution in [0.3, 0.4) is 0 Å². The van der Waals surface area contributed by atoms with Crippen LogP contribution in [-0.2, 0) is 6.42 Å². The SMILES string of the molecule is Nc1ccc(OC(F)F)cc1CCCCl. The molecule has 0 aliphatic heterocycles. The third-order valence-electron chi connectivity index (χ3n) is 1.92. The fourth-order valence-electron chi connectivity index (χ4n) is 1.23. The second-order valence-corrected chi connectivity index (χ2v) is 3.41. The molecule has 5 heteroatoms. The van der Waals surface area contributed by atoms with Crippen molar-refractivity contribution in [1.82, 2.24) is 0 Å². The van der Waals surface area contributed by atoms with E-state index in [1.54, 1.807) is 6.07 Å². The molecule has 0 amide bonds. The Bertz CT molecular complexity index is 320. The Morgan fingerprint density at radius 1 is 1.40 bits per heavy atom. The molecule has 1 aromatic carbocycles. The first kappa shape index (κ1) is 12.0. The van der Waals surface area contributed by atoms with Crippen LogP contribution in [0.1, 0.15) is 12.0 Å². The molecule has 15 heavy (non-hydrogen) atoms. The number of hydrogen-bond acceptors (Lipinski definition) is 2. The molecule has 2 N–H and O–H groups in total. The van der Waals surface area contributed by atoms with Crippen LogP contribution in [0.4, 0.5) is 14.5 Å². The second kappa shape index (κ2) is 5.75. The van der Waals surface area contributed by atoms with Crippen LogP contribution < -0.4 is 10.5 Å².